The highest BCUT2D eigenvalue weighted by atomic mass is 16.1. The van der Waals surface area contributed by atoms with Gasteiger partial charge in [0, 0.05) is 43.6 Å². The van der Waals surface area contributed by atoms with Crippen LogP contribution >= 0.6 is 0 Å². The minimum atomic E-state index is 0.275. The van der Waals surface area contributed by atoms with E-state index in [2.05, 4.69) is 53.8 Å². The number of para-hydroxylation sites is 1. The summed E-state index contributed by atoms with van der Waals surface area (Å²) < 4.78 is 2.32. The number of Topliss-reactive ketones (excluding diaryl/α,β-unsaturated/α-hetero) is 2. The van der Waals surface area contributed by atoms with E-state index in [0.717, 1.165) is 51.7 Å². The van der Waals surface area contributed by atoms with Crippen molar-refractivity contribution in [3.05, 3.63) is 36.0 Å². The Hall–Kier alpha value is -1.94. The first-order valence-electron chi connectivity index (χ1n) is 10.8. The zero-order valence-corrected chi connectivity index (χ0v) is 17.9. The second kappa shape index (κ2) is 11.8. The summed E-state index contributed by atoms with van der Waals surface area (Å²) in [4.78, 5) is 25.6. The molecule has 0 spiro atoms. The molecule has 28 heavy (non-hydrogen) atoms. The number of nitrogens with zero attached hydrogens (tertiary/aromatic N) is 2. The normalized spacial score (nSPS) is 11.4. The summed E-state index contributed by atoms with van der Waals surface area (Å²) in [5.41, 5.74) is 2.50. The lowest BCUT2D eigenvalue weighted by Gasteiger charge is -2.16. The molecule has 1 aromatic carbocycles. The molecular formula is C24H36N2O2. The number of aryl methyl sites for hydroxylation is 1. The zero-order valence-electron chi connectivity index (χ0n) is 17.9. The highest BCUT2D eigenvalue weighted by Gasteiger charge is 2.11. The van der Waals surface area contributed by atoms with Gasteiger partial charge in [0.05, 0.1) is 0 Å². The first kappa shape index (κ1) is 22.4. The molecule has 0 aliphatic heterocycles. The lowest BCUT2D eigenvalue weighted by Crippen LogP contribution is -2.19. The average molecular weight is 385 g/mol. The van der Waals surface area contributed by atoms with Gasteiger partial charge in [0.2, 0.25) is 0 Å². The molecule has 4 nitrogen and oxygen atoms in total. The maximum Gasteiger partial charge on any atom is 0.134 e. The summed E-state index contributed by atoms with van der Waals surface area (Å²) in [7, 11) is 2.13. The van der Waals surface area contributed by atoms with Gasteiger partial charge < -0.3 is 14.3 Å². The molecule has 0 bridgehead atoms. The van der Waals surface area contributed by atoms with Crippen LogP contribution in [0.5, 0.6) is 0 Å². The van der Waals surface area contributed by atoms with Crippen molar-refractivity contribution in [3.8, 4) is 0 Å². The lowest BCUT2D eigenvalue weighted by molar-refractivity contribution is -0.119. The van der Waals surface area contributed by atoms with Crippen LogP contribution in [0.15, 0.2) is 30.3 Å². The van der Waals surface area contributed by atoms with Gasteiger partial charge in [-0.15, -0.1) is 0 Å². The van der Waals surface area contributed by atoms with E-state index in [4.69, 9.17) is 0 Å². The first-order chi connectivity index (χ1) is 13.5. The molecule has 0 N–H and O–H groups in total. The summed E-state index contributed by atoms with van der Waals surface area (Å²) in [5, 5.41) is 1.25. The van der Waals surface area contributed by atoms with Crippen molar-refractivity contribution in [2.75, 3.05) is 13.6 Å². The molecule has 0 saturated heterocycles. The third-order valence-electron chi connectivity index (χ3n) is 5.47. The van der Waals surface area contributed by atoms with Gasteiger partial charge in [-0.2, -0.15) is 0 Å². The SMILES string of the molecule is CCN(C)Cc1cc2ccccc2n1CCC(=O)CCCCCCCC(C)=O. The maximum atomic E-state index is 12.4. The molecule has 0 aliphatic carbocycles. The van der Waals surface area contributed by atoms with Crippen LogP contribution in [0, 0.1) is 0 Å². The van der Waals surface area contributed by atoms with Crippen molar-refractivity contribution < 1.29 is 9.59 Å². The van der Waals surface area contributed by atoms with Crippen LogP contribution in [0.1, 0.15) is 70.9 Å². The van der Waals surface area contributed by atoms with Gasteiger partial charge in [-0.05, 0) is 50.9 Å². The molecule has 154 valence electrons. The summed E-state index contributed by atoms with van der Waals surface area (Å²) >= 11 is 0. The third-order valence-corrected chi connectivity index (χ3v) is 5.47. The molecule has 0 radical (unpaired) electrons. The molecule has 0 atom stereocenters. The van der Waals surface area contributed by atoms with E-state index in [1.807, 2.05) is 0 Å². The van der Waals surface area contributed by atoms with Crippen LogP contribution in [-0.2, 0) is 22.7 Å². The fourth-order valence-corrected chi connectivity index (χ4v) is 3.64. The molecule has 1 aromatic heterocycles. The van der Waals surface area contributed by atoms with E-state index in [1.165, 1.54) is 16.6 Å². The van der Waals surface area contributed by atoms with E-state index >= 15 is 0 Å². The molecule has 0 saturated carbocycles. The highest BCUT2D eigenvalue weighted by Crippen LogP contribution is 2.21. The second-order valence-electron chi connectivity index (χ2n) is 7.93. The van der Waals surface area contributed by atoms with Gasteiger partial charge in [-0.1, -0.05) is 44.4 Å². The number of hydrogen-bond acceptors (Lipinski definition) is 3. The topological polar surface area (TPSA) is 42.3 Å². The summed E-state index contributed by atoms with van der Waals surface area (Å²) in [6.45, 7) is 6.49. The molecule has 2 aromatic rings. The number of aromatic nitrogens is 1. The Labute approximate surface area is 169 Å². The van der Waals surface area contributed by atoms with E-state index in [1.54, 1.807) is 6.92 Å². The van der Waals surface area contributed by atoms with Gasteiger partial charge in [0.15, 0.2) is 0 Å². The van der Waals surface area contributed by atoms with Crippen LogP contribution < -0.4 is 0 Å². The summed E-state index contributed by atoms with van der Waals surface area (Å²) in [6, 6.07) is 10.7. The third kappa shape index (κ3) is 7.23. The van der Waals surface area contributed by atoms with Crippen molar-refractivity contribution >= 4 is 22.5 Å². The molecule has 2 rings (SSSR count). The molecule has 0 unspecified atom stereocenters. The maximum absolute atomic E-state index is 12.4. The fraction of sp³-hybridized carbons (Fsp3) is 0.583. The number of fused-ring (bicyclic) bond motifs is 1. The van der Waals surface area contributed by atoms with Gasteiger partial charge in [0.1, 0.15) is 11.6 Å². The highest BCUT2D eigenvalue weighted by molar-refractivity contribution is 5.82. The van der Waals surface area contributed by atoms with Crippen molar-refractivity contribution in [1.29, 1.82) is 0 Å². The molecule has 0 amide bonds. The minimum absolute atomic E-state index is 0.275. The Kier molecular flexibility index (Phi) is 9.42. The molecular weight excluding hydrogens is 348 g/mol. The minimum Gasteiger partial charge on any atom is -0.343 e. The zero-order chi connectivity index (χ0) is 20.4. The van der Waals surface area contributed by atoms with Gasteiger partial charge in [-0.25, -0.2) is 0 Å². The van der Waals surface area contributed by atoms with Gasteiger partial charge in [0.25, 0.3) is 0 Å². The van der Waals surface area contributed by atoms with Gasteiger partial charge in [-0.3, -0.25) is 4.79 Å². The monoisotopic (exact) mass is 384 g/mol. The standard InChI is InChI=1S/C24H36N2O2/c1-4-25(3)19-22-18-21-13-10-11-15-24(21)26(22)17-16-23(28)14-9-7-5-6-8-12-20(2)27/h10-11,13,15,18H,4-9,12,14,16-17,19H2,1-3H3. The molecule has 4 heteroatoms. The van der Waals surface area contributed by atoms with E-state index < -0.39 is 0 Å². The first-order valence-corrected chi connectivity index (χ1v) is 10.8. The Balaban J connectivity index is 1.81. The quantitative estimate of drug-likeness (QED) is 0.411. The molecule has 0 fully saturated rings. The van der Waals surface area contributed by atoms with Crippen LogP contribution in [-0.4, -0.2) is 34.6 Å². The Morgan fingerprint density at radius 1 is 0.964 bits per heavy atom. The predicted molar refractivity (Wildman–Crippen MR) is 117 cm³/mol. The number of ketones is 2. The van der Waals surface area contributed by atoms with E-state index in [-0.39, 0.29) is 5.78 Å². The summed E-state index contributed by atoms with van der Waals surface area (Å²) in [6.07, 6.45) is 7.23. The van der Waals surface area contributed by atoms with Crippen LogP contribution in [0.4, 0.5) is 0 Å². The predicted octanol–water partition coefficient (Wildman–Crippen LogP) is 5.37. The average Bonchev–Trinajstić information content (AvgIpc) is 3.02. The smallest absolute Gasteiger partial charge is 0.134 e. The number of hydrogen-bond donors (Lipinski definition) is 0. The molecule has 0 aliphatic rings. The number of unbranched alkanes of at least 4 members (excludes halogenated alkanes) is 4. The Bertz CT molecular complexity index is 763. The Morgan fingerprint density at radius 3 is 2.36 bits per heavy atom. The van der Waals surface area contributed by atoms with Crippen LogP contribution in [0.2, 0.25) is 0 Å². The van der Waals surface area contributed by atoms with Crippen molar-refractivity contribution in [3.63, 3.8) is 0 Å². The lowest BCUT2D eigenvalue weighted by atomic mass is 10.1. The molecule has 1 heterocycles. The second-order valence-corrected chi connectivity index (χ2v) is 7.93. The number of carbonyl (C=O) groups excluding carboxylic acids is 2. The number of benzene rings is 1. The van der Waals surface area contributed by atoms with Crippen molar-refractivity contribution in [2.24, 2.45) is 0 Å². The van der Waals surface area contributed by atoms with Crippen molar-refractivity contribution in [2.45, 2.75) is 78.3 Å². The van der Waals surface area contributed by atoms with Crippen LogP contribution in [0.3, 0.4) is 0 Å². The van der Waals surface area contributed by atoms with Gasteiger partial charge >= 0.3 is 0 Å². The number of rotatable bonds is 14. The van der Waals surface area contributed by atoms with E-state index in [0.29, 0.717) is 25.0 Å². The number of carbonyl (C=O) groups is 2. The van der Waals surface area contributed by atoms with E-state index in [9.17, 15) is 9.59 Å². The summed E-state index contributed by atoms with van der Waals surface area (Å²) in [5.74, 6) is 0.633. The fourth-order valence-electron chi connectivity index (χ4n) is 3.64. The largest absolute Gasteiger partial charge is 0.343 e. The van der Waals surface area contributed by atoms with Crippen LogP contribution in [0.25, 0.3) is 10.9 Å². The Morgan fingerprint density at radius 2 is 1.64 bits per heavy atom. The van der Waals surface area contributed by atoms with Crippen molar-refractivity contribution in [1.82, 2.24) is 9.47 Å².